The van der Waals surface area contributed by atoms with Crippen LogP contribution in [-0.2, 0) is 11.3 Å². The third-order valence-corrected chi connectivity index (χ3v) is 3.92. The first-order chi connectivity index (χ1) is 10.2. The van der Waals surface area contributed by atoms with Crippen molar-refractivity contribution in [2.45, 2.75) is 10.8 Å². The number of nitrogens with zero attached hydrogens (tertiary/aromatic N) is 3. The minimum absolute atomic E-state index is 0.347. The molecule has 0 saturated heterocycles. The minimum atomic E-state index is -0.484. The fraction of sp³-hybridized carbons (Fsp3) is 0.167. The minimum Gasteiger partial charge on any atom is -0.453 e. The molecule has 2 aromatic heterocycles. The van der Waals surface area contributed by atoms with Crippen molar-refractivity contribution in [2.24, 2.45) is 0 Å². The summed E-state index contributed by atoms with van der Waals surface area (Å²) >= 11 is 2.45. The maximum Gasteiger partial charge on any atom is 0.407 e. The average molecular weight is 321 g/mol. The Morgan fingerprint density at radius 2 is 2.33 bits per heavy atom. The molecule has 0 aliphatic carbocycles. The number of ether oxygens (including phenoxy) is 1. The summed E-state index contributed by atoms with van der Waals surface area (Å²) in [4.78, 5) is 19.3. The fourth-order valence-corrected chi connectivity index (χ4v) is 2.64. The number of amides is 1. The van der Waals surface area contributed by atoms with Crippen LogP contribution in [0.5, 0.6) is 0 Å². The Hall–Kier alpha value is -2.31. The molecule has 2 aromatic rings. The Morgan fingerprint density at radius 1 is 1.48 bits per heavy atom. The molecule has 0 aromatic carbocycles. The molecule has 21 heavy (non-hydrogen) atoms. The van der Waals surface area contributed by atoms with E-state index in [2.05, 4.69) is 25.3 Å². The van der Waals surface area contributed by atoms with E-state index < -0.39 is 6.09 Å². The quantitative estimate of drug-likeness (QED) is 0.645. The first kappa shape index (κ1) is 15.1. The number of nitriles is 1. The SMILES string of the molecule is COC(=O)NCc1ccc(Nc2ncc(SC#N)s2)nc1. The highest BCUT2D eigenvalue weighted by Gasteiger charge is 2.04. The van der Waals surface area contributed by atoms with Crippen molar-refractivity contribution < 1.29 is 9.53 Å². The zero-order chi connectivity index (χ0) is 15.1. The molecule has 0 fully saturated rings. The van der Waals surface area contributed by atoms with Crippen LogP contribution in [0, 0.1) is 10.7 Å². The molecular formula is C12H11N5O2S2. The number of carbonyl (C=O) groups is 1. The molecule has 0 aliphatic rings. The number of hydrogen-bond acceptors (Lipinski definition) is 8. The summed E-state index contributed by atoms with van der Waals surface area (Å²) in [6.45, 7) is 0.347. The topological polar surface area (TPSA) is 99.9 Å². The third-order valence-electron chi connectivity index (χ3n) is 2.31. The van der Waals surface area contributed by atoms with E-state index >= 15 is 0 Å². The van der Waals surface area contributed by atoms with Gasteiger partial charge in [0.25, 0.3) is 0 Å². The molecule has 1 amide bonds. The van der Waals surface area contributed by atoms with E-state index in [0.717, 1.165) is 21.5 Å². The molecule has 0 radical (unpaired) electrons. The highest BCUT2D eigenvalue weighted by atomic mass is 32.2. The predicted molar refractivity (Wildman–Crippen MR) is 80.3 cm³/mol. The van der Waals surface area contributed by atoms with Gasteiger partial charge >= 0.3 is 6.09 Å². The molecule has 0 aliphatic heterocycles. The molecule has 2 heterocycles. The lowest BCUT2D eigenvalue weighted by atomic mass is 10.3. The number of methoxy groups -OCH3 is 1. The largest absolute Gasteiger partial charge is 0.453 e. The number of alkyl carbamates (subject to hydrolysis) is 1. The third kappa shape index (κ3) is 4.62. The smallest absolute Gasteiger partial charge is 0.407 e. The van der Waals surface area contributed by atoms with Crippen molar-refractivity contribution in [1.29, 1.82) is 5.26 Å². The Morgan fingerprint density at radius 3 is 3.00 bits per heavy atom. The summed E-state index contributed by atoms with van der Waals surface area (Å²) < 4.78 is 5.30. The number of anilines is 2. The number of rotatable bonds is 5. The van der Waals surface area contributed by atoms with Crippen molar-refractivity contribution in [2.75, 3.05) is 12.4 Å². The van der Waals surface area contributed by atoms with Gasteiger partial charge in [-0.1, -0.05) is 17.4 Å². The van der Waals surface area contributed by atoms with Gasteiger partial charge in [-0.15, -0.1) is 0 Å². The zero-order valence-electron chi connectivity index (χ0n) is 11.0. The molecule has 0 saturated carbocycles. The van der Waals surface area contributed by atoms with E-state index in [9.17, 15) is 4.79 Å². The summed E-state index contributed by atoms with van der Waals surface area (Å²) in [6, 6.07) is 3.62. The first-order valence-electron chi connectivity index (χ1n) is 5.77. The Balaban J connectivity index is 1.92. The average Bonchev–Trinajstić information content (AvgIpc) is 2.94. The second-order valence-corrected chi connectivity index (χ2v) is 5.82. The van der Waals surface area contributed by atoms with Crippen LogP contribution in [-0.4, -0.2) is 23.2 Å². The Bertz CT molecular complexity index is 650. The van der Waals surface area contributed by atoms with Crippen LogP contribution in [0.2, 0.25) is 0 Å². The lowest BCUT2D eigenvalue weighted by Gasteiger charge is -2.05. The van der Waals surface area contributed by atoms with Gasteiger partial charge in [0.05, 0.1) is 17.5 Å². The number of carbonyl (C=O) groups excluding carboxylic acids is 1. The summed E-state index contributed by atoms with van der Waals surface area (Å²) in [5.74, 6) is 0.639. The van der Waals surface area contributed by atoms with Gasteiger partial charge in [-0.2, -0.15) is 5.26 Å². The number of pyridine rings is 1. The molecule has 2 rings (SSSR count). The van der Waals surface area contributed by atoms with Crippen LogP contribution in [0.25, 0.3) is 0 Å². The van der Waals surface area contributed by atoms with Crippen molar-refractivity contribution in [1.82, 2.24) is 15.3 Å². The molecule has 9 heteroatoms. The van der Waals surface area contributed by atoms with Crippen LogP contribution in [0.1, 0.15) is 5.56 Å². The Labute approximate surface area is 129 Å². The molecule has 7 nitrogen and oxygen atoms in total. The van der Waals surface area contributed by atoms with Crippen LogP contribution < -0.4 is 10.6 Å². The zero-order valence-corrected chi connectivity index (χ0v) is 12.6. The normalized spacial score (nSPS) is 9.71. The number of hydrogen-bond donors (Lipinski definition) is 2. The van der Waals surface area contributed by atoms with Crippen LogP contribution >= 0.6 is 23.1 Å². The van der Waals surface area contributed by atoms with Crippen LogP contribution in [0.3, 0.4) is 0 Å². The monoisotopic (exact) mass is 321 g/mol. The second-order valence-electron chi connectivity index (χ2n) is 3.70. The number of thiazole rings is 1. The van der Waals surface area contributed by atoms with Gasteiger partial charge in [0, 0.05) is 24.5 Å². The van der Waals surface area contributed by atoms with Crippen molar-refractivity contribution >= 4 is 40.1 Å². The molecule has 2 N–H and O–H groups in total. The summed E-state index contributed by atoms with van der Waals surface area (Å²) in [7, 11) is 1.31. The van der Waals surface area contributed by atoms with E-state index in [0.29, 0.717) is 17.5 Å². The lowest BCUT2D eigenvalue weighted by molar-refractivity contribution is 0.170. The second kappa shape index (κ2) is 7.47. The van der Waals surface area contributed by atoms with Gasteiger partial charge in [0.1, 0.15) is 11.2 Å². The van der Waals surface area contributed by atoms with Crippen LogP contribution in [0.4, 0.5) is 15.7 Å². The number of nitrogens with one attached hydrogen (secondary N) is 2. The van der Waals surface area contributed by atoms with E-state index in [1.807, 2.05) is 11.5 Å². The van der Waals surface area contributed by atoms with Crippen molar-refractivity contribution in [3.63, 3.8) is 0 Å². The van der Waals surface area contributed by atoms with Gasteiger partial charge in [-0.25, -0.2) is 14.8 Å². The number of aromatic nitrogens is 2. The first-order valence-corrected chi connectivity index (χ1v) is 7.40. The maximum atomic E-state index is 11.0. The van der Waals surface area contributed by atoms with E-state index in [4.69, 9.17) is 5.26 Å². The highest BCUT2D eigenvalue weighted by Crippen LogP contribution is 2.28. The molecular weight excluding hydrogens is 310 g/mol. The summed E-state index contributed by atoms with van der Waals surface area (Å²) in [6.07, 6.45) is 2.80. The van der Waals surface area contributed by atoms with Gasteiger partial charge in [0.15, 0.2) is 5.13 Å². The molecule has 0 atom stereocenters. The van der Waals surface area contributed by atoms with E-state index in [1.54, 1.807) is 18.5 Å². The molecule has 0 bridgehead atoms. The Kier molecular flexibility index (Phi) is 5.36. The standard InChI is InChI=1S/C12H11N5O2S2/c1-19-12(18)16-5-8-2-3-9(14-4-8)17-11-15-6-10(21-11)20-7-13/h2-4,6H,5H2,1H3,(H,16,18)(H,14,15,17). The van der Waals surface area contributed by atoms with Gasteiger partial charge in [-0.05, 0) is 11.6 Å². The van der Waals surface area contributed by atoms with Crippen molar-refractivity contribution in [3.8, 4) is 5.40 Å². The van der Waals surface area contributed by atoms with Gasteiger partial charge < -0.3 is 15.4 Å². The lowest BCUT2D eigenvalue weighted by Crippen LogP contribution is -2.22. The molecule has 0 unspecified atom stereocenters. The highest BCUT2D eigenvalue weighted by molar-refractivity contribution is 8.05. The van der Waals surface area contributed by atoms with Gasteiger partial charge in [0.2, 0.25) is 0 Å². The fourth-order valence-electron chi connectivity index (χ4n) is 1.37. The van der Waals surface area contributed by atoms with Crippen molar-refractivity contribution in [3.05, 3.63) is 30.1 Å². The number of thioether (sulfide) groups is 1. The summed E-state index contributed by atoms with van der Waals surface area (Å²) in [5, 5.41) is 16.9. The molecule has 108 valence electrons. The van der Waals surface area contributed by atoms with E-state index in [1.165, 1.54) is 18.4 Å². The van der Waals surface area contributed by atoms with Gasteiger partial charge in [-0.3, -0.25) is 0 Å². The summed E-state index contributed by atoms with van der Waals surface area (Å²) in [5.41, 5.74) is 0.853. The maximum absolute atomic E-state index is 11.0. The van der Waals surface area contributed by atoms with E-state index in [-0.39, 0.29) is 0 Å². The molecule has 0 spiro atoms. The number of thiocyanates is 1. The van der Waals surface area contributed by atoms with Crippen LogP contribution in [0.15, 0.2) is 28.7 Å². The predicted octanol–water partition coefficient (Wildman–Crippen LogP) is 2.71.